The Morgan fingerprint density at radius 1 is 0.780 bits per heavy atom. The van der Waals surface area contributed by atoms with Crippen LogP contribution in [0.15, 0.2) is 36.5 Å². The summed E-state index contributed by atoms with van der Waals surface area (Å²) in [5.74, 6) is -0.295. The lowest BCUT2D eigenvalue weighted by molar-refractivity contribution is -0.161. The third-order valence-electron chi connectivity index (χ3n) is 8.15. The van der Waals surface area contributed by atoms with E-state index in [4.69, 9.17) is 23.8 Å². The van der Waals surface area contributed by atoms with Crippen molar-refractivity contribution >= 4 is 19.8 Å². The van der Waals surface area contributed by atoms with E-state index >= 15 is 0 Å². The van der Waals surface area contributed by atoms with E-state index < -0.39 is 51.8 Å². The lowest BCUT2D eigenvalue weighted by Crippen LogP contribution is -2.30. The molecule has 0 aromatic heterocycles. The van der Waals surface area contributed by atoms with Gasteiger partial charge in [0.25, 0.3) is 0 Å². The van der Waals surface area contributed by atoms with Crippen LogP contribution >= 0.6 is 7.82 Å². The first-order chi connectivity index (χ1) is 24.1. The molecule has 0 spiro atoms. The van der Waals surface area contributed by atoms with E-state index in [1.807, 2.05) is 0 Å². The smallest absolute Gasteiger partial charge is 0.462 e. The van der Waals surface area contributed by atoms with Crippen molar-refractivity contribution in [1.82, 2.24) is 0 Å². The number of hydrogen-bond donors (Lipinski definition) is 3. The zero-order valence-electron chi connectivity index (χ0n) is 31.0. The summed E-state index contributed by atoms with van der Waals surface area (Å²) in [6.45, 7) is 4.46. The van der Waals surface area contributed by atoms with Gasteiger partial charge in [0.1, 0.15) is 12.7 Å². The zero-order chi connectivity index (χ0) is 36.9. The summed E-state index contributed by atoms with van der Waals surface area (Å²) in [4.78, 5) is 34.9. The highest BCUT2D eigenvalue weighted by Gasteiger charge is 2.37. The monoisotopic (exact) mass is 730 g/mol. The second-order valence-electron chi connectivity index (χ2n) is 13.5. The molecule has 0 radical (unpaired) electrons. The van der Waals surface area contributed by atoms with Crippen molar-refractivity contribution in [3.05, 3.63) is 36.5 Å². The molecule has 0 aromatic rings. The summed E-state index contributed by atoms with van der Waals surface area (Å²) < 4.78 is 38.3. The van der Waals surface area contributed by atoms with Gasteiger partial charge in [-0.1, -0.05) is 109 Å². The molecule has 290 valence electrons. The van der Waals surface area contributed by atoms with Crippen molar-refractivity contribution < 1.29 is 52.5 Å². The van der Waals surface area contributed by atoms with Crippen LogP contribution in [0.2, 0.25) is 0 Å². The molecule has 0 saturated carbocycles. The van der Waals surface area contributed by atoms with Crippen molar-refractivity contribution in [3.63, 3.8) is 0 Å². The van der Waals surface area contributed by atoms with Gasteiger partial charge in [-0.15, -0.1) is 0 Å². The van der Waals surface area contributed by atoms with E-state index in [1.165, 1.54) is 38.5 Å². The largest absolute Gasteiger partial charge is 0.472 e. The molecule has 12 heteroatoms. The molecule has 11 nitrogen and oxygen atoms in total. The number of unbranched alkanes of at least 4 members (excludes halogenated alkanes) is 8. The fraction of sp³-hybridized carbons (Fsp3) is 0.789. The number of esters is 2. The lowest BCUT2D eigenvalue weighted by Gasteiger charge is -2.20. The lowest BCUT2D eigenvalue weighted by atomic mass is 10.0. The summed E-state index contributed by atoms with van der Waals surface area (Å²) in [6, 6.07) is 0. The molecule has 0 amide bonds. The molecule has 0 bridgehead atoms. The summed E-state index contributed by atoms with van der Waals surface area (Å²) in [6.07, 6.45) is 27.4. The molecule has 3 unspecified atom stereocenters. The third kappa shape index (κ3) is 27.8. The second kappa shape index (κ2) is 29.7. The zero-order valence-corrected chi connectivity index (χ0v) is 31.9. The maximum absolute atomic E-state index is 12.6. The van der Waals surface area contributed by atoms with Gasteiger partial charge in [-0.05, 0) is 57.3 Å². The van der Waals surface area contributed by atoms with E-state index in [0.717, 1.165) is 44.9 Å². The van der Waals surface area contributed by atoms with Crippen LogP contribution in [0.3, 0.4) is 0 Å². The summed E-state index contributed by atoms with van der Waals surface area (Å²) >= 11 is 0. The average Bonchev–Trinajstić information content (AvgIpc) is 3.84. The van der Waals surface area contributed by atoms with Crippen LogP contribution in [0.4, 0.5) is 0 Å². The van der Waals surface area contributed by atoms with Gasteiger partial charge in [-0.25, -0.2) is 4.57 Å². The first kappa shape index (κ1) is 46.2. The molecule has 50 heavy (non-hydrogen) atoms. The number of aliphatic hydroxyl groups is 2. The van der Waals surface area contributed by atoms with Gasteiger partial charge in [0, 0.05) is 12.8 Å². The predicted molar refractivity (Wildman–Crippen MR) is 195 cm³/mol. The SMILES string of the molecule is CCCCC/C=C\C/C=C\C/C=C\CC1OC1CCCC(=O)O[C@H](COC(=O)CCCCCCCCC(C)C)COP(=O)(O)OC[C@@H](O)CO. The number of epoxide rings is 1. The van der Waals surface area contributed by atoms with E-state index in [9.17, 15) is 24.2 Å². The number of hydrogen-bond acceptors (Lipinski definition) is 10. The standard InChI is InChI=1S/C38H67O11P/c1-4-5-6-7-8-9-10-11-12-13-17-20-24-35-36(49-35)25-22-27-38(42)48-34(31-47-50(43,44)46-29-33(40)28-39)30-45-37(41)26-21-18-15-14-16-19-23-32(2)3/h8-9,11-12,17,20,32-36,39-40H,4-7,10,13-16,18-19,21-31H2,1-3H3,(H,43,44)/b9-8-,12-11-,20-17-/t33-,34+,35?,36?/m0/s1. The number of carbonyl (C=O) groups excluding carboxylic acids is 2. The van der Waals surface area contributed by atoms with Gasteiger partial charge >= 0.3 is 19.8 Å². The topological polar surface area (TPSA) is 161 Å². The molecule has 1 rings (SSSR count). The van der Waals surface area contributed by atoms with Crippen LogP contribution in [0.5, 0.6) is 0 Å². The Morgan fingerprint density at radius 2 is 1.42 bits per heavy atom. The van der Waals surface area contributed by atoms with Gasteiger partial charge in [0.2, 0.25) is 0 Å². The number of aliphatic hydroxyl groups excluding tert-OH is 2. The van der Waals surface area contributed by atoms with E-state index in [0.29, 0.717) is 25.2 Å². The Morgan fingerprint density at radius 3 is 2.12 bits per heavy atom. The Kier molecular flexibility index (Phi) is 27.4. The van der Waals surface area contributed by atoms with Crippen molar-refractivity contribution in [2.75, 3.05) is 26.4 Å². The molecule has 1 fully saturated rings. The highest BCUT2D eigenvalue weighted by atomic mass is 31.2. The molecule has 1 heterocycles. The van der Waals surface area contributed by atoms with E-state index in [-0.39, 0.29) is 31.7 Å². The number of allylic oxidation sites excluding steroid dienone is 5. The number of carbonyl (C=O) groups is 2. The van der Waals surface area contributed by atoms with Crippen molar-refractivity contribution in [2.24, 2.45) is 5.92 Å². The maximum Gasteiger partial charge on any atom is 0.472 e. The number of rotatable bonds is 33. The highest BCUT2D eigenvalue weighted by Crippen LogP contribution is 2.43. The minimum Gasteiger partial charge on any atom is -0.462 e. The minimum atomic E-state index is -4.63. The molecule has 0 aliphatic carbocycles. The fourth-order valence-corrected chi connectivity index (χ4v) is 5.88. The summed E-state index contributed by atoms with van der Waals surface area (Å²) in [7, 11) is -4.63. The van der Waals surface area contributed by atoms with Crippen LogP contribution in [-0.4, -0.2) is 77.9 Å². The van der Waals surface area contributed by atoms with Crippen LogP contribution in [-0.2, 0) is 37.4 Å². The minimum absolute atomic E-state index is 0.0904. The first-order valence-electron chi connectivity index (χ1n) is 18.9. The number of phosphoric acid groups is 1. The fourth-order valence-electron chi connectivity index (χ4n) is 5.09. The quantitative estimate of drug-likeness (QED) is 0.0197. The number of phosphoric ester groups is 1. The van der Waals surface area contributed by atoms with Crippen molar-refractivity contribution in [1.29, 1.82) is 0 Å². The van der Waals surface area contributed by atoms with Crippen LogP contribution < -0.4 is 0 Å². The van der Waals surface area contributed by atoms with Gasteiger partial charge in [0.15, 0.2) is 6.10 Å². The third-order valence-corrected chi connectivity index (χ3v) is 9.10. The van der Waals surface area contributed by atoms with Crippen LogP contribution in [0, 0.1) is 5.92 Å². The molecular weight excluding hydrogens is 663 g/mol. The summed E-state index contributed by atoms with van der Waals surface area (Å²) in [5, 5.41) is 18.3. The molecule has 1 aliphatic heterocycles. The Balaban J connectivity index is 2.37. The average molecular weight is 731 g/mol. The maximum atomic E-state index is 12.6. The van der Waals surface area contributed by atoms with Crippen LogP contribution in [0.25, 0.3) is 0 Å². The normalized spacial score (nSPS) is 18.6. The van der Waals surface area contributed by atoms with Gasteiger partial charge in [-0.2, -0.15) is 0 Å². The second-order valence-corrected chi connectivity index (χ2v) is 14.9. The van der Waals surface area contributed by atoms with Gasteiger partial charge < -0.3 is 29.3 Å². The highest BCUT2D eigenvalue weighted by molar-refractivity contribution is 7.47. The van der Waals surface area contributed by atoms with Gasteiger partial charge in [-0.3, -0.25) is 18.6 Å². The van der Waals surface area contributed by atoms with Crippen LogP contribution in [0.1, 0.15) is 136 Å². The Bertz CT molecular complexity index is 1010. The Hall–Kier alpha value is -1.85. The molecule has 5 atom stereocenters. The predicted octanol–water partition coefficient (Wildman–Crippen LogP) is 8.06. The van der Waals surface area contributed by atoms with E-state index in [1.54, 1.807) is 0 Å². The molecule has 1 aliphatic rings. The molecular formula is C38H67O11P. The first-order valence-corrected chi connectivity index (χ1v) is 20.4. The number of ether oxygens (including phenoxy) is 3. The Labute approximate surface area is 301 Å². The molecule has 1 saturated heterocycles. The molecule has 0 aromatic carbocycles. The van der Waals surface area contributed by atoms with E-state index in [2.05, 4.69) is 61.8 Å². The van der Waals surface area contributed by atoms with Crippen molar-refractivity contribution in [3.8, 4) is 0 Å². The molecule has 3 N–H and O–H groups in total. The summed E-state index contributed by atoms with van der Waals surface area (Å²) in [5.41, 5.74) is 0. The van der Waals surface area contributed by atoms with Crippen molar-refractivity contribution in [2.45, 2.75) is 161 Å². The van der Waals surface area contributed by atoms with Gasteiger partial charge in [0.05, 0.1) is 32.0 Å².